The summed E-state index contributed by atoms with van der Waals surface area (Å²) in [6.45, 7) is 0. The van der Waals surface area contributed by atoms with Gasteiger partial charge in [0.1, 0.15) is 0 Å². The van der Waals surface area contributed by atoms with Crippen molar-refractivity contribution in [1.29, 1.82) is 0 Å². The Hall–Kier alpha value is -1.78. The molecule has 2 rings (SSSR count). The molecule has 18 heavy (non-hydrogen) atoms. The number of carbonyl (C=O) groups is 1. The maximum absolute atomic E-state index is 12.0. The minimum absolute atomic E-state index is 0.223. The molecular weight excluding hydrogens is 273 g/mol. The Labute approximate surface area is 114 Å². The molecule has 6 heteroatoms. The molecule has 0 radical (unpaired) electrons. The zero-order valence-corrected chi connectivity index (χ0v) is 10.7. The van der Waals surface area contributed by atoms with Gasteiger partial charge in [-0.25, -0.2) is 4.98 Å². The second-order valence-corrected chi connectivity index (χ2v) is 4.36. The van der Waals surface area contributed by atoms with Gasteiger partial charge in [0.25, 0.3) is 5.91 Å². The zero-order chi connectivity index (χ0) is 13.1. The average molecular weight is 282 g/mol. The van der Waals surface area contributed by atoms with Gasteiger partial charge in [-0.1, -0.05) is 23.2 Å². The van der Waals surface area contributed by atoms with Gasteiger partial charge in [-0.2, -0.15) is 0 Å². The molecule has 1 aromatic carbocycles. The second-order valence-electron chi connectivity index (χ2n) is 3.57. The molecule has 0 bridgehead atoms. The summed E-state index contributed by atoms with van der Waals surface area (Å²) in [6.07, 6.45) is 1.54. The molecule has 1 amide bonds. The first kappa shape index (κ1) is 12.7. The summed E-state index contributed by atoms with van der Waals surface area (Å²) in [5.74, 6) is -0.348. The molecule has 0 saturated carbocycles. The van der Waals surface area contributed by atoms with Crippen LogP contribution in [0.1, 0.15) is 10.4 Å². The third-order valence-electron chi connectivity index (χ3n) is 2.19. The van der Waals surface area contributed by atoms with E-state index in [2.05, 4.69) is 10.3 Å². The van der Waals surface area contributed by atoms with Crippen LogP contribution in [-0.4, -0.2) is 10.9 Å². The van der Waals surface area contributed by atoms with Crippen molar-refractivity contribution in [3.8, 4) is 0 Å². The molecule has 92 valence electrons. The lowest BCUT2D eigenvalue weighted by Crippen LogP contribution is -2.12. The fraction of sp³-hybridized carbons (Fsp3) is 0. The molecule has 0 unspecified atom stereocenters. The van der Waals surface area contributed by atoms with Crippen LogP contribution in [0.3, 0.4) is 0 Å². The topological polar surface area (TPSA) is 68.0 Å². The van der Waals surface area contributed by atoms with Gasteiger partial charge in [-0.05, 0) is 30.3 Å². The summed E-state index contributed by atoms with van der Waals surface area (Å²) in [4.78, 5) is 15.8. The predicted octanol–water partition coefficient (Wildman–Crippen LogP) is 3.22. The van der Waals surface area contributed by atoms with Crippen molar-refractivity contribution >= 4 is 40.5 Å². The van der Waals surface area contributed by atoms with E-state index in [1.807, 2.05) is 0 Å². The van der Waals surface area contributed by atoms with Crippen LogP contribution < -0.4 is 11.1 Å². The highest BCUT2D eigenvalue weighted by molar-refractivity contribution is 6.33. The summed E-state index contributed by atoms with van der Waals surface area (Å²) >= 11 is 11.7. The summed E-state index contributed by atoms with van der Waals surface area (Å²) in [7, 11) is 0. The first-order valence-corrected chi connectivity index (χ1v) is 5.80. The summed E-state index contributed by atoms with van der Waals surface area (Å²) < 4.78 is 0. The Morgan fingerprint density at radius 1 is 1.28 bits per heavy atom. The maximum Gasteiger partial charge on any atom is 0.255 e. The molecule has 0 saturated heterocycles. The first-order chi connectivity index (χ1) is 8.56. The van der Waals surface area contributed by atoms with Crippen molar-refractivity contribution in [2.75, 3.05) is 11.1 Å². The standard InChI is InChI=1S/C12H9Cl2N3O/c13-8-4-7(5-9(15)6-8)12(18)17-10-2-1-3-16-11(10)14/h1-6H,15H2,(H,17,18). The Kier molecular flexibility index (Phi) is 3.69. The van der Waals surface area contributed by atoms with Crippen LogP contribution in [-0.2, 0) is 0 Å². The molecular formula is C12H9Cl2N3O. The second kappa shape index (κ2) is 5.25. The van der Waals surface area contributed by atoms with Gasteiger partial charge < -0.3 is 11.1 Å². The number of nitrogens with two attached hydrogens (primary N) is 1. The summed E-state index contributed by atoms with van der Waals surface area (Å²) in [6, 6.07) is 7.95. The van der Waals surface area contributed by atoms with Gasteiger partial charge in [-0.15, -0.1) is 0 Å². The lowest BCUT2D eigenvalue weighted by Gasteiger charge is -2.07. The number of hydrogen-bond donors (Lipinski definition) is 2. The molecule has 1 aromatic heterocycles. The third-order valence-corrected chi connectivity index (χ3v) is 2.71. The van der Waals surface area contributed by atoms with Crippen LogP contribution in [0.5, 0.6) is 0 Å². The number of benzene rings is 1. The van der Waals surface area contributed by atoms with Crippen LogP contribution in [0.2, 0.25) is 10.2 Å². The molecule has 0 spiro atoms. The van der Waals surface area contributed by atoms with E-state index in [1.165, 1.54) is 18.3 Å². The Bertz CT molecular complexity index is 581. The number of hydrogen-bond acceptors (Lipinski definition) is 3. The molecule has 0 aliphatic carbocycles. The van der Waals surface area contributed by atoms with E-state index in [4.69, 9.17) is 28.9 Å². The monoisotopic (exact) mass is 281 g/mol. The number of anilines is 2. The largest absolute Gasteiger partial charge is 0.399 e. The van der Waals surface area contributed by atoms with Crippen molar-refractivity contribution in [2.24, 2.45) is 0 Å². The van der Waals surface area contributed by atoms with E-state index in [0.717, 1.165) is 0 Å². The fourth-order valence-electron chi connectivity index (χ4n) is 1.42. The average Bonchev–Trinajstić information content (AvgIpc) is 2.31. The van der Waals surface area contributed by atoms with E-state index < -0.39 is 0 Å². The minimum Gasteiger partial charge on any atom is -0.399 e. The number of nitrogen functional groups attached to an aromatic ring is 1. The number of rotatable bonds is 2. The lowest BCUT2D eigenvalue weighted by molar-refractivity contribution is 0.102. The molecule has 0 aliphatic heterocycles. The highest BCUT2D eigenvalue weighted by Crippen LogP contribution is 2.21. The van der Waals surface area contributed by atoms with Crippen LogP contribution in [0.4, 0.5) is 11.4 Å². The third kappa shape index (κ3) is 2.91. The molecule has 0 aliphatic rings. The number of pyridine rings is 1. The number of nitrogens with zero attached hydrogens (tertiary/aromatic N) is 1. The highest BCUT2D eigenvalue weighted by atomic mass is 35.5. The van der Waals surface area contributed by atoms with Gasteiger partial charge in [0.05, 0.1) is 5.69 Å². The summed E-state index contributed by atoms with van der Waals surface area (Å²) in [5.41, 5.74) is 6.83. The van der Waals surface area contributed by atoms with E-state index in [9.17, 15) is 4.79 Å². The quantitative estimate of drug-likeness (QED) is 0.656. The molecule has 2 aromatic rings. The lowest BCUT2D eigenvalue weighted by atomic mass is 10.2. The number of nitrogens with one attached hydrogen (secondary N) is 1. The molecule has 0 atom stereocenters. The van der Waals surface area contributed by atoms with Crippen molar-refractivity contribution in [2.45, 2.75) is 0 Å². The normalized spacial score (nSPS) is 10.1. The maximum atomic E-state index is 12.0. The number of carbonyl (C=O) groups excluding carboxylic acids is 1. The number of halogens is 2. The predicted molar refractivity (Wildman–Crippen MR) is 73.1 cm³/mol. The van der Waals surface area contributed by atoms with Gasteiger partial charge in [0.2, 0.25) is 0 Å². The first-order valence-electron chi connectivity index (χ1n) is 5.04. The number of amides is 1. The molecule has 0 fully saturated rings. The van der Waals surface area contributed by atoms with Gasteiger partial charge >= 0.3 is 0 Å². The zero-order valence-electron chi connectivity index (χ0n) is 9.15. The van der Waals surface area contributed by atoms with Gasteiger partial charge in [0, 0.05) is 22.5 Å². The Morgan fingerprint density at radius 3 is 2.72 bits per heavy atom. The van der Waals surface area contributed by atoms with Crippen molar-refractivity contribution in [1.82, 2.24) is 4.98 Å². The van der Waals surface area contributed by atoms with Crippen LogP contribution in [0, 0.1) is 0 Å². The van der Waals surface area contributed by atoms with Crippen LogP contribution in [0.15, 0.2) is 36.5 Å². The molecule has 3 N–H and O–H groups in total. The molecule has 1 heterocycles. The van der Waals surface area contributed by atoms with Crippen molar-refractivity contribution in [3.05, 3.63) is 52.3 Å². The van der Waals surface area contributed by atoms with Crippen molar-refractivity contribution in [3.63, 3.8) is 0 Å². The van der Waals surface area contributed by atoms with E-state index in [-0.39, 0.29) is 11.1 Å². The van der Waals surface area contributed by atoms with Crippen LogP contribution >= 0.6 is 23.2 Å². The van der Waals surface area contributed by atoms with Gasteiger partial charge in [0.15, 0.2) is 5.15 Å². The Balaban J connectivity index is 2.25. The van der Waals surface area contributed by atoms with E-state index in [0.29, 0.717) is 22.0 Å². The van der Waals surface area contributed by atoms with Gasteiger partial charge in [-0.3, -0.25) is 4.79 Å². The smallest absolute Gasteiger partial charge is 0.255 e. The minimum atomic E-state index is -0.348. The van der Waals surface area contributed by atoms with E-state index >= 15 is 0 Å². The SMILES string of the molecule is Nc1cc(Cl)cc(C(=O)Nc2cccnc2Cl)c1. The molecule has 4 nitrogen and oxygen atoms in total. The highest BCUT2D eigenvalue weighted by Gasteiger charge is 2.10. The number of aromatic nitrogens is 1. The van der Waals surface area contributed by atoms with Crippen molar-refractivity contribution < 1.29 is 4.79 Å². The fourth-order valence-corrected chi connectivity index (χ4v) is 1.83. The van der Waals surface area contributed by atoms with E-state index in [1.54, 1.807) is 18.2 Å². The van der Waals surface area contributed by atoms with Crippen LogP contribution in [0.25, 0.3) is 0 Å². The Morgan fingerprint density at radius 2 is 2.06 bits per heavy atom. The summed E-state index contributed by atoms with van der Waals surface area (Å²) in [5, 5.41) is 3.26.